The van der Waals surface area contributed by atoms with Crippen LogP contribution in [0.3, 0.4) is 0 Å². The lowest BCUT2D eigenvalue weighted by atomic mass is 10.2. The molecule has 22 heavy (non-hydrogen) atoms. The van der Waals surface area contributed by atoms with E-state index >= 15 is 0 Å². The van der Waals surface area contributed by atoms with E-state index in [1.165, 1.54) is 11.8 Å². The first-order valence-electron chi connectivity index (χ1n) is 6.83. The Kier molecular flexibility index (Phi) is 5.55. The van der Waals surface area contributed by atoms with Gasteiger partial charge in [-0.15, -0.1) is 5.10 Å². The molecule has 0 spiro atoms. The van der Waals surface area contributed by atoms with Crippen LogP contribution >= 0.6 is 11.8 Å². The third-order valence-electron chi connectivity index (χ3n) is 3.01. The van der Waals surface area contributed by atoms with Gasteiger partial charge in [0.05, 0.1) is 18.2 Å². The second-order valence-corrected chi connectivity index (χ2v) is 5.78. The molecular formula is C15H17N5OS. The highest BCUT2D eigenvalue weighted by molar-refractivity contribution is 7.99. The third-order valence-corrected chi connectivity index (χ3v) is 4.00. The minimum Gasteiger partial charge on any atom is -0.374 e. The predicted molar refractivity (Wildman–Crippen MR) is 86.7 cm³/mol. The Labute approximate surface area is 133 Å². The standard InChI is InChI=1S/C15H17N5OS/c1-11(21)10-22-15-17-14(18-19-15)12-4-6-13(7-5-12)20(2)9-3-8-16/h4-7H,3,9-10H2,1-2H3,(H,17,18,19). The molecule has 1 heterocycles. The van der Waals surface area contributed by atoms with Gasteiger partial charge in [0.15, 0.2) is 5.82 Å². The van der Waals surface area contributed by atoms with Crippen LogP contribution < -0.4 is 4.90 Å². The highest BCUT2D eigenvalue weighted by atomic mass is 32.2. The van der Waals surface area contributed by atoms with Crippen molar-refractivity contribution in [3.8, 4) is 17.5 Å². The quantitative estimate of drug-likeness (QED) is 0.790. The SMILES string of the molecule is CC(=O)CSc1n[nH]c(-c2ccc(N(C)CCC#N)cc2)n1. The fourth-order valence-electron chi connectivity index (χ4n) is 1.83. The van der Waals surface area contributed by atoms with Crippen LogP contribution in [0.2, 0.25) is 0 Å². The summed E-state index contributed by atoms with van der Waals surface area (Å²) >= 11 is 1.32. The van der Waals surface area contributed by atoms with Gasteiger partial charge >= 0.3 is 0 Å². The molecule has 1 aromatic heterocycles. The molecule has 1 aromatic carbocycles. The number of H-pyrrole nitrogens is 1. The van der Waals surface area contributed by atoms with E-state index in [-0.39, 0.29) is 5.78 Å². The van der Waals surface area contributed by atoms with Crippen LogP contribution in [0.15, 0.2) is 29.4 Å². The molecule has 0 aliphatic heterocycles. The number of thioether (sulfide) groups is 1. The summed E-state index contributed by atoms with van der Waals surface area (Å²) in [4.78, 5) is 17.4. The highest BCUT2D eigenvalue weighted by Gasteiger charge is 2.08. The normalized spacial score (nSPS) is 10.2. The Morgan fingerprint density at radius 2 is 2.14 bits per heavy atom. The number of hydrogen-bond donors (Lipinski definition) is 1. The summed E-state index contributed by atoms with van der Waals surface area (Å²) in [6.07, 6.45) is 0.497. The number of anilines is 1. The van der Waals surface area contributed by atoms with E-state index in [2.05, 4.69) is 21.3 Å². The van der Waals surface area contributed by atoms with Crippen molar-refractivity contribution in [3.63, 3.8) is 0 Å². The predicted octanol–water partition coefficient (Wildman–Crippen LogP) is 2.50. The summed E-state index contributed by atoms with van der Waals surface area (Å²) in [5.74, 6) is 1.15. The highest BCUT2D eigenvalue weighted by Crippen LogP contribution is 2.22. The van der Waals surface area contributed by atoms with Crippen molar-refractivity contribution in [2.45, 2.75) is 18.5 Å². The summed E-state index contributed by atoms with van der Waals surface area (Å²) < 4.78 is 0. The fraction of sp³-hybridized carbons (Fsp3) is 0.333. The number of benzene rings is 1. The minimum atomic E-state index is 0.0982. The van der Waals surface area contributed by atoms with E-state index in [0.29, 0.717) is 29.7 Å². The molecule has 0 radical (unpaired) electrons. The Hall–Kier alpha value is -2.33. The van der Waals surface area contributed by atoms with Gasteiger partial charge in [-0.05, 0) is 31.2 Å². The van der Waals surface area contributed by atoms with Gasteiger partial charge in [0.25, 0.3) is 0 Å². The zero-order chi connectivity index (χ0) is 15.9. The van der Waals surface area contributed by atoms with E-state index in [9.17, 15) is 4.79 Å². The lowest BCUT2D eigenvalue weighted by molar-refractivity contribution is -0.114. The van der Waals surface area contributed by atoms with Crippen molar-refractivity contribution in [1.29, 1.82) is 5.26 Å². The van der Waals surface area contributed by atoms with Gasteiger partial charge in [0.2, 0.25) is 5.16 Å². The summed E-state index contributed by atoms with van der Waals surface area (Å²) in [5, 5.41) is 16.2. The van der Waals surface area contributed by atoms with Gasteiger partial charge in [-0.2, -0.15) is 5.26 Å². The van der Waals surface area contributed by atoms with E-state index in [1.54, 1.807) is 6.92 Å². The topological polar surface area (TPSA) is 85.7 Å². The molecule has 1 N–H and O–H groups in total. The first kappa shape index (κ1) is 16.0. The Bertz CT molecular complexity index is 674. The molecule has 0 bridgehead atoms. The number of nitrogens with one attached hydrogen (secondary N) is 1. The maximum Gasteiger partial charge on any atom is 0.209 e. The molecule has 6 nitrogen and oxygen atoms in total. The van der Waals surface area contributed by atoms with E-state index in [4.69, 9.17) is 5.26 Å². The third kappa shape index (κ3) is 4.33. The average molecular weight is 315 g/mol. The lowest BCUT2D eigenvalue weighted by Gasteiger charge is -2.17. The van der Waals surface area contributed by atoms with Crippen molar-refractivity contribution in [2.24, 2.45) is 0 Å². The molecule has 0 saturated heterocycles. The Morgan fingerprint density at radius 1 is 1.41 bits per heavy atom. The second-order valence-electron chi connectivity index (χ2n) is 4.83. The summed E-state index contributed by atoms with van der Waals surface area (Å²) in [6.45, 7) is 2.24. The van der Waals surface area contributed by atoms with Crippen molar-refractivity contribution < 1.29 is 4.79 Å². The number of ketones is 1. The maximum absolute atomic E-state index is 11.0. The molecule has 0 aliphatic carbocycles. The molecule has 0 unspecified atom stereocenters. The van der Waals surface area contributed by atoms with Crippen LogP contribution in [0.5, 0.6) is 0 Å². The summed E-state index contributed by atoms with van der Waals surface area (Å²) in [5.41, 5.74) is 1.98. The Balaban J connectivity index is 2.04. The first-order valence-corrected chi connectivity index (χ1v) is 7.82. The fourth-order valence-corrected chi connectivity index (χ4v) is 2.43. The molecule has 0 atom stereocenters. The zero-order valence-electron chi connectivity index (χ0n) is 12.5. The summed E-state index contributed by atoms with van der Waals surface area (Å²) in [6, 6.07) is 10.0. The van der Waals surface area contributed by atoms with Crippen molar-refractivity contribution in [2.75, 3.05) is 24.2 Å². The van der Waals surface area contributed by atoms with Gasteiger partial charge in [0, 0.05) is 24.8 Å². The van der Waals surface area contributed by atoms with Gasteiger partial charge < -0.3 is 4.90 Å². The van der Waals surface area contributed by atoms with Crippen molar-refractivity contribution >= 4 is 23.2 Å². The number of carbonyl (C=O) groups excluding carboxylic acids is 1. The number of Topliss-reactive ketones (excluding diaryl/α,β-unsaturated/α-hetero) is 1. The molecule has 7 heteroatoms. The van der Waals surface area contributed by atoms with Crippen molar-refractivity contribution in [1.82, 2.24) is 15.2 Å². The number of aromatic nitrogens is 3. The van der Waals surface area contributed by atoms with Crippen molar-refractivity contribution in [3.05, 3.63) is 24.3 Å². The largest absolute Gasteiger partial charge is 0.374 e. The molecule has 0 saturated carbocycles. The maximum atomic E-state index is 11.0. The van der Waals surface area contributed by atoms with E-state index in [1.807, 2.05) is 36.2 Å². The summed E-state index contributed by atoms with van der Waals surface area (Å²) in [7, 11) is 1.96. The van der Waals surface area contributed by atoms with Gasteiger partial charge in [-0.25, -0.2) is 4.98 Å². The van der Waals surface area contributed by atoms with Gasteiger partial charge in [0.1, 0.15) is 5.78 Å². The monoisotopic (exact) mass is 315 g/mol. The van der Waals surface area contributed by atoms with Crippen LogP contribution in [-0.4, -0.2) is 40.3 Å². The number of nitrogens with zero attached hydrogens (tertiary/aromatic N) is 4. The smallest absolute Gasteiger partial charge is 0.209 e. The number of rotatable bonds is 7. The van der Waals surface area contributed by atoms with E-state index in [0.717, 1.165) is 11.3 Å². The van der Waals surface area contributed by atoms with Crippen LogP contribution in [0.25, 0.3) is 11.4 Å². The number of nitriles is 1. The molecule has 0 fully saturated rings. The molecule has 2 rings (SSSR count). The van der Waals surface area contributed by atoms with Crippen LogP contribution in [-0.2, 0) is 4.79 Å². The second kappa shape index (κ2) is 7.61. The number of aromatic amines is 1. The van der Waals surface area contributed by atoms with E-state index < -0.39 is 0 Å². The van der Waals surface area contributed by atoms with Gasteiger partial charge in [-0.1, -0.05) is 11.8 Å². The number of carbonyl (C=O) groups is 1. The Morgan fingerprint density at radius 3 is 2.77 bits per heavy atom. The zero-order valence-corrected chi connectivity index (χ0v) is 13.4. The average Bonchev–Trinajstić information content (AvgIpc) is 2.99. The molecule has 0 aliphatic rings. The molecule has 2 aromatic rings. The molecular weight excluding hydrogens is 298 g/mol. The lowest BCUT2D eigenvalue weighted by Crippen LogP contribution is -2.17. The van der Waals surface area contributed by atoms with Gasteiger partial charge in [-0.3, -0.25) is 9.89 Å². The van der Waals surface area contributed by atoms with Crippen LogP contribution in [0, 0.1) is 11.3 Å². The first-order chi connectivity index (χ1) is 10.6. The molecule has 114 valence electrons. The minimum absolute atomic E-state index is 0.0982. The number of hydrogen-bond acceptors (Lipinski definition) is 6. The van der Waals surface area contributed by atoms with Crippen LogP contribution in [0.1, 0.15) is 13.3 Å². The van der Waals surface area contributed by atoms with Crippen LogP contribution in [0.4, 0.5) is 5.69 Å². The molecule has 0 amide bonds.